The second-order valence-corrected chi connectivity index (χ2v) is 4.76. The van der Waals surface area contributed by atoms with Crippen molar-refractivity contribution >= 4 is 5.97 Å². The fraction of sp³-hybridized carbons (Fsp3) is 0.917. The van der Waals surface area contributed by atoms with Crippen LogP contribution in [0.4, 0.5) is 0 Å². The molecule has 0 aromatic heterocycles. The topological polar surface area (TPSA) is 177 Å². The highest BCUT2D eigenvalue weighted by Gasteiger charge is 2.41. The summed E-state index contributed by atoms with van der Waals surface area (Å²) in [5.41, 5.74) is 0. The van der Waals surface area contributed by atoms with Crippen molar-refractivity contribution in [1.82, 2.24) is 0 Å². The highest BCUT2D eigenvalue weighted by molar-refractivity contribution is 5.75. The van der Waals surface area contributed by atoms with Gasteiger partial charge in [-0.25, -0.2) is 9.68 Å². The minimum Gasteiger partial charge on any atom is -0.464 e. The molecule has 0 heterocycles. The van der Waals surface area contributed by atoms with E-state index in [1.54, 1.807) is 0 Å². The number of hydrogen-bond donors (Lipinski definition) is 7. The van der Waals surface area contributed by atoms with E-state index in [9.17, 15) is 25.2 Å². The minimum absolute atomic E-state index is 0.00636. The van der Waals surface area contributed by atoms with Gasteiger partial charge in [-0.15, -0.1) is 0 Å². The third-order valence-electron chi connectivity index (χ3n) is 3.03. The maximum Gasteiger partial charge on any atom is 0.341 e. The SMILES string of the molecule is CCCCOC(=O)C(OO)C(O)C(O)C(O)C(O)C(O)CO. The van der Waals surface area contributed by atoms with Crippen LogP contribution >= 0.6 is 0 Å². The molecule has 0 saturated carbocycles. The van der Waals surface area contributed by atoms with Gasteiger partial charge in [0.1, 0.15) is 30.5 Å². The Bertz CT molecular complexity index is 312. The molecule has 0 saturated heterocycles. The maximum atomic E-state index is 11.6. The molecule has 6 unspecified atom stereocenters. The van der Waals surface area contributed by atoms with E-state index in [-0.39, 0.29) is 6.61 Å². The molecule has 0 bridgehead atoms. The molecule has 0 rings (SSSR count). The van der Waals surface area contributed by atoms with Crippen molar-refractivity contribution in [3.8, 4) is 0 Å². The largest absolute Gasteiger partial charge is 0.464 e. The molecule has 10 nitrogen and oxygen atoms in total. The summed E-state index contributed by atoms with van der Waals surface area (Å²) in [4.78, 5) is 15.3. The van der Waals surface area contributed by atoms with Crippen LogP contribution in [0.2, 0.25) is 0 Å². The first-order valence-electron chi connectivity index (χ1n) is 6.79. The van der Waals surface area contributed by atoms with Crippen LogP contribution in [0.1, 0.15) is 19.8 Å². The second-order valence-electron chi connectivity index (χ2n) is 4.76. The molecule has 0 amide bonds. The second kappa shape index (κ2) is 10.8. The van der Waals surface area contributed by atoms with Crippen LogP contribution in [0.3, 0.4) is 0 Å². The molecule has 0 radical (unpaired) electrons. The van der Waals surface area contributed by atoms with Crippen molar-refractivity contribution in [2.75, 3.05) is 13.2 Å². The summed E-state index contributed by atoms with van der Waals surface area (Å²) in [7, 11) is 0. The molecular weight excluding hydrogens is 304 g/mol. The van der Waals surface area contributed by atoms with E-state index in [0.29, 0.717) is 6.42 Å². The van der Waals surface area contributed by atoms with Crippen LogP contribution in [-0.4, -0.2) is 91.7 Å². The zero-order valence-electron chi connectivity index (χ0n) is 12.1. The Balaban J connectivity index is 4.72. The summed E-state index contributed by atoms with van der Waals surface area (Å²) < 4.78 is 4.69. The van der Waals surface area contributed by atoms with Crippen LogP contribution in [0, 0.1) is 0 Å². The van der Waals surface area contributed by atoms with Gasteiger partial charge in [0.05, 0.1) is 13.2 Å². The van der Waals surface area contributed by atoms with Gasteiger partial charge in [0.25, 0.3) is 0 Å². The zero-order valence-corrected chi connectivity index (χ0v) is 12.1. The van der Waals surface area contributed by atoms with Crippen molar-refractivity contribution < 1.29 is 50.3 Å². The number of aliphatic hydroxyl groups is 6. The highest BCUT2D eigenvalue weighted by Crippen LogP contribution is 2.14. The van der Waals surface area contributed by atoms with Crippen LogP contribution in [0.15, 0.2) is 0 Å². The quantitative estimate of drug-likeness (QED) is 0.0894. The fourth-order valence-corrected chi connectivity index (χ4v) is 1.56. The Morgan fingerprint density at radius 2 is 1.55 bits per heavy atom. The van der Waals surface area contributed by atoms with Crippen molar-refractivity contribution in [3.05, 3.63) is 0 Å². The first kappa shape index (κ1) is 21.1. The van der Waals surface area contributed by atoms with Gasteiger partial charge in [-0.05, 0) is 6.42 Å². The number of aliphatic hydroxyl groups excluding tert-OH is 6. The van der Waals surface area contributed by atoms with Crippen molar-refractivity contribution in [1.29, 1.82) is 0 Å². The molecule has 0 aliphatic heterocycles. The molecule has 10 heteroatoms. The Hall–Kier alpha value is -0.850. The van der Waals surface area contributed by atoms with E-state index < -0.39 is 49.2 Å². The minimum atomic E-state index is -2.16. The average molecular weight is 328 g/mol. The zero-order chi connectivity index (χ0) is 17.3. The van der Waals surface area contributed by atoms with E-state index in [1.807, 2.05) is 6.92 Å². The normalized spacial score (nSPS) is 19.8. The summed E-state index contributed by atoms with van der Waals surface area (Å²) in [6, 6.07) is 0. The number of carbonyl (C=O) groups is 1. The first-order valence-corrected chi connectivity index (χ1v) is 6.79. The van der Waals surface area contributed by atoms with Crippen LogP contribution < -0.4 is 0 Å². The lowest BCUT2D eigenvalue weighted by molar-refractivity contribution is -0.304. The summed E-state index contributed by atoms with van der Waals surface area (Å²) in [6.45, 7) is 0.948. The van der Waals surface area contributed by atoms with Crippen LogP contribution in [-0.2, 0) is 14.4 Å². The highest BCUT2D eigenvalue weighted by atomic mass is 17.1. The first-order chi connectivity index (χ1) is 10.3. The predicted octanol–water partition coefficient (Wildman–Crippen LogP) is -3.02. The van der Waals surface area contributed by atoms with Crippen LogP contribution in [0.5, 0.6) is 0 Å². The molecule has 0 spiro atoms. The molecule has 6 atom stereocenters. The molecule has 22 heavy (non-hydrogen) atoms. The number of unbranched alkanes of at least 4 members (excludes halogenated alkanes) is 1. The Labute approximate surface area is 127 Å². The Morgan fingerprint density at radius 3 is 2.00 bits per heavy atom. The molecule has 0 fully saturated rings. The average Bonchev–Trinajstić information content (AvgIpc) is 2.52. The molecule has 132 valence electrons. The summed E-state index contributed by atoms with van der Waals surface area (Å²) in [5.74, 6) is -1.17. The van der Waals surface area contributed by atoms with Crippen molar-refractivity contribution in [3.63, 3.8) is 0 Å². The molecule has 0 aromatic carbocycles. The monoisotopic (exact) mass is 328 g/mol. The number of carbonyl (C=O) groups excluding carboxylic acids is 1. The molecule has 7 N–H and O–H groups in total. The van der Waals surface area contributed by atoms with E-state index in [1.165, 1.54) is 0 Å². The number of rotatable bonds is 11. The van der Waals surface area contributed by atoms with Gasteiger partial charge >= 0.3 is 5.97 Å². The smallest absolute Gasteiger partial charge is 0.341 e. The van der Waals surface area contributed by atoms with E-state index in [2.05, 4.69) is 9.62 Å². The van der Waals surface area contributed by atoms with Gasteiger partial charge in [0.2, 0.25) is 6.10 Å². The van der Waals surface area contributed by atoms with Crippen LogP contribution in [0.25, 0.3) is 0 Å². The lowest BCUT2D eigenvalue weighted by Crippen LogP contribution is -2.54. The maximum absolute atomic E-state index is 11.6. The predicted molar refractivity (Wildman–Crippen MR) is 70.5 cm³/mol. The Kier molecular flexibility index (Phi) is 10.4. The molecule has 0 aliphatic rings. The van der Waals surface area contributed by atoms with Gasteiger partial charge in [0, 0.05) is 0 Å². The van der Waals surface area contributed by atoms with E-state index in [4.69, 9.17) is 15.5 Å². The van der Waals surface area contributed by atoms with E-state index in [0.717, 1.165) is 6.42 Å². The fourth-order valence-electron chi connectivity index (χ4n) is 1.56. The Morgan fingerprint density at radius 1 is 1.00 bits per heavy atom. The summed E-state index contributed by atoms with van der Waals surface area (Å²) in [6.07, 6.45) is -10.9. The third-order valence-corrected chi connectivity index (χ3v) is 3.03. The summed E-state index contributed by atoms with van der Waals surface area (Å²) in [5, 5.41) is 64.8. The van der Waals surface area contributed by atoms with Gasteiger partial charge in [0.15, 0.2) is 0 Å². The number of ether oxygens (including phenoxy) is 1. The van der Waals surface area contributed by atoms with Gasteiger partial charge < -0.3 is 35.4 Å². The lowest BCUT2D eigenvalue weighted by atomic mass is 9.96. The number of hydrogen-bond acceptors (Lipinski definition) is 10. The lowest BCUT2D eigenvalue weighted by Gasteiger charge is -2.30. The summed E-state index contributed by atoms with van der Waals surface area (Å²) >= 11 is 0. The molecule has 0 aliphatic carbocycles. The van der Waals surface area contributed by atoms with Crippen molar-refractivity contribution in [2.24, 2.45) is 0 Å². The van der Waals surface area contributed by atoms with Gasteiger partial charge in [-0.1, -0.05) is 13.3 Å². The van der Waals surface area contributed by atoms with Gasteiger partial charge in [-0.3, -0.25) is 5.26 Å². The number of esters is 1. The molecule has 0 aromatic rings. The molecular formula is C12H24O10. The van der Waals surface area contributed by atoms with E-state index >= 15 is 0 Å². The standard InChI is InChI=1S/C12H24O10/c1-2-3-4-21-12(19)11(22-20)10(18)9(17)8(16)7(15)6(14)5-13/h6-11,13-18,20H,2-5H2,1H3. The van der Waals surface area contributed by atoms with Crippen molar-refractivity contribution in [2.45, 2.75) is 56.4 Å². The third kappa shape index (κ3) is 6.10. The van der Waals surface area contributed by atoms with Gasteiger partial charge in [-0.2, -0.15) is 0 Å².